The van der Waals surface area contributed by atoms with Gasteiger partial charge in [-0.05, 0) is 84.8 Å². The zero-order valence-electron chi connectivity index (χ0n) is 21.9. The lowest BCUT2D eigenvalue weighted by Gasteiger charge is -2.26. The van der Waals surface area contributed by atoms with Crippen molar-refractivity contribution in [1.29, 1.82) is 0 Å². The first-order chi connectivity index (χ1) is 17.1. The van der Waals surface area contributed by atoms with E-state index >= 15 is 0 Å². The Labute approximate surface area is 215 Å². The fraction of sp³-hybridized carbons (Fsp3) is 0.345. The summed E-state index contributed by atoms with van der Waals surface area (Å²) < 4.78 is 33.8. The number of carbonyl (C=O) groups excluding carboxylic acids is 1. The standard InChI is InChI=1S/C29H36N2O4S/c1-7-23-13-15-24(16-14-23)31(36(33,34)25-11-9-8-10-12-25)19-29(32)30-22(5)27-18-26(20(2)3)28(35-6)17-21(27)4/h8-18,20,22H,7,19H2,1-6H3,(H,30,32)/t22-/m0/s1. The first-order valence-corrected chi connectivity index (χ1v) is 13.7. The van der Waals surface area contributed by atoms with Gasteiger partial charge in [0.25, 0.3) is 10.0 Å². The lowest BCUT2D eigenvalue weighted by atomic mass is 9.93. The molecule has 1 atom stereocenters. The SMILES string of the molecule is CCc1ccc(N(CC(=O)N[C@@H](C)c2cc(C(C)C)c(OC)cc2C)S(=O)(=O)c2ccccc2)cc1. The Kier molecular flexibility index (Phi) is 8.79. The number of carbonyl (C=O) groups is 1. The first kappa shape index (κ1) is 27.3. The first-order valence-electron chi connectivity index (χ1n) is 12.2. The third-order valence-electron chi connectivity index (χ3n) is 6.34. The van der Waals surface area contributed by atoms with Crippen molar-refractivity contribution in [3.63, 3.8) is 0 Å². The highest BCUT2D eigenvalue weighted by atomic mass is 32.2. The molecule has 1 amide bonds. The highest BCUT2D eigenvalue weighted by Crippen LogP contribution is 2.32. The van der Waals surface area contributed by atoms with Gasteiger partial charge in [-0.25, -0.2) is 8.42 Å². The van der Waals surface area contributed by atoms with Crippen LogP contribution < -0.4 is 14.4 Å². The molecule has 0 aromatic heterocycles. The van der Waals surface area contributed by atoms with Crippen LogP contribution in [0.2, 0.25) is 0 Å². The number of amides is 1. The van der Waals surface area contributed by atoms with Crippen molar-refractivity contribution in [2.45, 2.75) is 57.9 Å². The molecule has 7 heteroatoms. The predicted octanol–water partition coefficient (Wildman–Crippen LogP) is 5.76. The maximum absolute atomic E-state index is 13.6. The molecule has 0 fully saturated rings. The van der Waals surface area contributed by atoms with Crippen molar-refractivity contribution in [3.05, 3.63) is 89.0 Å². The quantitative estimate of drug-likeness (QED) is 0.378. The number of hydrogen-bond acceptors (Lipinski definition) is 4. The minimum absolute atomic E-state index is 0.137. The lowest BCUT2D eigenvalue weighted by Crippen LogP contribution is -2.41. The van der Waals surface area contributed by atoms with E-state index in [2.05, 4.69) is 25.2 Å². The number of methoxy groups -OCH3 is 1. The minimum Gasteiger partial charge on any atom is -0.496 e. The number of nitrogens with zero attached hydrogens (tertiary/aromatic N) is 1. The zero-order chi connectivity index (χ0) is 26.5. The number of benzene rings is 3. The highest BCUT2D eigenvalue weighted by Gasteiger charge is 2.28. The summed E-state index contributed by atoms with van der Waals surface area (Å²) in [5.74, 6) is 0.683. The number of anilines is 1. The molecule has 3 aromatic carbocycles. The molecule has 0 saturated carbocycles. The second-order valence-corrected chi connectivity index (χ2v) is 11.1. The Balaban J connectivity index is 1.90. The van der Waals surface area contributed by atoms with Crippen molar-refractivity contribution >= 4 is 21.6 Å². The van der Waals surface area contributed by atoms with Crippen molar-refractivity contribution in [2.75, 3.05) is 18.0 Å². The summed E-state index contributed by atoms with van der Waals surface area (Å²) >= 11 is 0. The fourth-order valence-electron chi connectivity index (χ4n) is 4.24. The Morgan fingerprint density at radius 3 is 2.17 bits per heavy atom. The summed E-state index contributed by atoms with van der Waals surface area (Å²) in [6.07, 6.45) is 0.837. The molecule has 1 N–H and O–H groups in total. The van der Waals surface area contributed by atoms with E-state index in [0.717, 1.165) is 34.4 Å². The van der Waals surface area contributed by atoms with Gasteiger partial charge in [-0.15, -0.1) is 0 Å². The van der Waals surface area contributed by atoms with Gasteiger partial charge in [0.1, 0.15) is 12.3 Å². The maximum atomic E-state index is 13.6. The smallest absolute Gasteiger partial charge is 0.264 e. The van der Waals surface area contributed by atoms with Crippen LogP contribution in [0.3, 0.4) is 0 Å². The Bertz CT molecular complexity index is 1290. The van der Waals surface area contributed by atoms with E-state index < -0.39 is 10.0 Å². The van der Waals surface area contributed by atoms with Gasteiger partial charge >= 0.3 is 0 Å². The molecule has 0 aliphatic carbocycles. The molecule has 0 heterocycles. The van der Waals surface area contributed by atoms with Gasteiger partial charge in [-0.2, -0.15) is 0 Å². The van der Waals surface area contributed by atoms with E-state index in [4.69, 9.17) is 4.74 Å². The summed E-state index contributed by atoms with van der Waals surface area (Å²) in [5.41, 5.74) is 4.56. The number of ether oxygens (including phenoxy) is 1. The molecule has 0 aliphatic heterocycles. The Morgan fingerprint density at radius 2 is 1.61 bits per heavy atom. The maximum Gasteiger partial charge on any atom is 0.264 e. The van der Waals surface area contributed by atoms with Gasteiger partial charge in [0.05, 0.1) is 23.7 Å². The van der Waals surface area contributed by atoms with Gasteiger partial charge in [0, 0.05) is 0 Å². The van der Waals surface area contributed by atoms with E-state index in [1.807, 2.05) is 39.0 Å². The van der Waals surface area contributed by atoms with Crippen LogP contribution in [0, 0.1) is 6.92 Å². The third-order valence-corrected chi connectivity index (χ3v) is 8.12. The van der Waals surface area contributed by atoms with Crippen molar-refractivity contribution in [3.8, 4) is 5.75 Å². The molecule has 3 rings (SSSR count). The molecule has 3 aromatic rings. The van der Waals surface area contributed by atoms with E-state index in [0.29, 0.717) is 5.69 Å². The van der Waals surface area contributed by atoms with Crippen LogP contribution >= 0.6 is 0 Å². The van der Waals surface area contributed by atoms with E-state index in [1.165, 1.54) is 16.4 Å². The number of hydrogen-bond donors (Lipinski definition) is 1. The predicted molar refractivity (Wildman–Crippen MR) is 145 cm³/mol. The fourth-order valence-corrected chi connectivity index (χ4v) is 5.68. The van der Waals surface area contributed by atoms with Crippen molar-refractivity contribution < 1.29 is 17.9 Å². The molecule has 6 nitrogen and oxygen atoms in total. The molecule has 0 bridgehead atoms. The van der Waals surface area contributed by atoms with Gasteiger partial charge in [0.2, 0.25) is 5.91 Å². The Hall–Kier alpha value is -3.32. The topological polar surface area (TPSA) is 75.7 Å². The molecule has 0 aliphatic rings. The number of rotatable bonds is 10. The van der Waals surface area contributed by atoms with E-state index in [-0.39, 0.29) is 29.3 Å². The van der Waals surface area contributed by atoms with E-state index in [1.54, 1.807) is 37.4 Å². The van der Waals surface area contributed by atoms with Crippen LogP contribution in [0.25, 0.3) is 0 Å². The summed E-state index contributed by atoms with van der Waals surface area (Å²) in [7, 11) is -2.30. The largest absolute Gasteiger partial charge is 0.496 e. The number of aryl methyl sites for hydroxylation is 2. The summed E-state index contributed by atoms with van der Waals surface area (Å²) in [4.78, 5) is 13.4. The van der Waals surface area contributed by atoms with Gasteiger partial charge < -0.3 is 10.1 Å². The zero-order valence-corrected chi connectivity index (χ0v) is 22.7. The van der Waals surface area contributed by atoms with Gasteiger partial charge in [-0.3, -0.25) is 9.10 Å². The van der Waals surface area contributed by atoms with Crippen LogP contribution in [0.15, 0.2) is 71.6 Å². The van der Waals surface area contributed by atoms with Crippen molar-refractivity contribution in [1.82, 2.24) is 5.32 Å². The average Bonchev–Trinajstić information content (AvgIpc) is 2.87. The normalized spacial score (nSPS) is 12.3. The van der Waals surface area contributed by atoms with Crippen molar-refractivity contribution in [2.24, 2.45) is 0 Å². The summed E-state index contributed by atoms with van der Waals surface area (Å²) in [6, 6.07) is 19.2. The summed E-state index contributed by atoms with van der Waals surface area (Å²) in [6.45, 7) is 9.77. The molecule has 0 spiro atoms. The van der Waals surface area contributed by atoms with Crippen LogP contribution in [0.1, 0.15) is 61.9 Å². The van der Waals surface area contributed by atoms with E-state index in [9.17, 15) is 13.2 Å². The lowest BCUT2D eigenvalue weighted by molar-refractivity contribution is -0.120. The average molecular weight is 509 g/mol. The molecule has 0 radical (unpaired) electrons. The van der Waals surface area contributed by atoms with Crippen LogP contribution in [0.4, 0.5) is 5.69 Å². The molecular formula is C29H36N2O4S. The highest BCUT2D eigenvalue weighted by molar-refractivity contribution is 7.92. The third kappa shape index (κ3) is 6.08. The number of sulfonamides is 1. The molecular weight excluding hydrogens is 472 g/mol. The van der Waals surface area contributed by atoms with Gasteiger partial charge in [0.15, 0.2) is 0 Å². The molecule has 36 heavy (non-hydrogen) atoms. The summed E-state index contributed by atoms with van der Waals surface area (Å²) in [5, 5.41) is 3.00. The molecule has 0 saturated heterocycles. The Morgan fingerprint density at radius 1 is 0.972 bits per heavy atom. The number of nitrogens with one attached hydrogen (secondary N) is 1. The van der Waals surface area contributed by atoms with Crippen LogP contribution in [-0.2, 0) is 21.2 Å². The molecule has 192 valence electrons. The second kappa shape index (κ2) is 11.6. The monoisotopic (exact) mass is 508 g/mol. The second-order valence-electron chi connectivity index (χ2n) is 9.24. The van der Waals surface area contributed by atoms with Crippen LogP contribution in [0.5, 0.6) is 5.75 Å². The minimum atomic E-state index is -3.95. The van der Waals surface area contributed by atoms with Gasteiger partial charge in [-0.1, -0.05) is 51.1 Å². The van der Waals surface area contributed by atoms with Crippen LogP contribution in [-0.4, -0.2) is 28.0 Å². The molecule has 0 unspecified atom stereocenters.